The van der Waals surface area contributed by atoms with E-state index in [-0.39, 0.29) is 11.4 Å². The lowest BCUT2D eigenvalue weighted by atomic mass is 10.2. The monoisotopic (exact) mass is 368 g/mol. The predicted molar refractivity (Wildman–Crippen MR) is 96.3 cm³/mol. The number of aromatic nitrogens is 1. The van der Waals surface area contributed by atoms with Gasteiger partial charge in [0.2, 0.25) is 10.0 Å². The summed E-state index contributed by atoms with van der Waals surface area (Å²) in [6.07, 6.45) is 1.94. The minimum absolute atomic E-state index is 0.139. The van der Waals surface area contributed by atoms with Crippen LogP contribution in [0.2, 0.25) is 5.15 Å². The van der Waals surface area contributed by atoms with E-state index in [1.807, 2.05) is 6.26 Å². The number of hydrogen-bond donors (Lipinski definition) is 0. The fourth-order valence-corrected chi connectivity index (χ4v) is 3.71. The van der Waals surface area contributed by atoms with Crippen LogP contribution in [-0.4, -0.2) is 37.6 Å². The number of halogens is 1. The van der Waals surface area contributed by atoms with Crippen LogP contribution in [0.4, 0.5) is 0 Å². The van der Waals surface area contributed by atoms with Crippen molar-refractivity contribution in [3.63, 3.8) is 0 Å². The van der Waals surface area contributed by atoms with E-state index in [0.717, 1.165) is 4.90 Å². The van der Waals surface area contributed by atoms with Crippen molar-refractivity contribution in [3.05, 3.63) is 59.9 Å². The Kier molecular flexibility index (Phi) is 5.86. The highest BCUT2D eigenvalue weighted by atomic mass is 35.5. The molecule has 0 fully saturated rings. The molecule has 23 heavy (non-hydrogen) atoms. The molecule has 1 aromatic carbocycles. The van der Waals surface area contributed by atoms with Gasteiger partial charge in [0.15, 0.2) is 0 Å². The molecule has 0 aliphatic rings. The first-order chi connectivity index (χ1) is 10.8. The second-order valence-corrected chi connectivity index (χ2v) is 8.20. The van der Waals surface area contributed by atoms with Gasteiger partial charge in [0.05, 0.1) is 10.6 Å². The van der Waals surface area contributed by atoms with Crippen LogP contribution < -0.4 is 0 Å². The molecule has 0 saturated carbocycles. The molecule has 122 valence electrons. The van der Waals surface area contributed by atoms with Gasteiger partial charge in [0.1, 0.15) is 5.15 Å². The largest absolute Gasteiger partial charge is 0.243 e. The van der Waals surface area contributed by atoms with Crippen LogP contribution in [0.1, 0.15) is 5.69 Å². The first kappa shape index (κ1) is 18.0. The highest BCUT2D eigenvalue weighted by molar-refractivity contribution is 7.98. The molecule has 4 nitrogen and oxygen atoms in total. The summed E-state index contributed by atoms with van der Waals surface area (Å²) >= 11 is 7.42. The van der Waals surface area contributed by atoms with Crippen LogP contribution in [0.25, 0.3) is 5.57 Å². The lowest BCUT2D eigenvalue weighted by Gasteiger charge is -2.18. The van der Waals surface area contributed by atoms with Crippen molar-refractivity contribution in [3.8, 4) is 0 Å². The maximum absolute atomic E-state index is 12.6. The van der Waals surface area contributed by atoms with Crippen molar-refractivity contribution in [2.75, 3.05) is 19.8 Å². The van der Waals surface area contributed by atoms with E-state index in [0.29, 0.717) is 16.4 Å². The number of benzene rings is 1. The zero-order chi connectivity index (χ0) is 17.0. The number of pyridine rings is 1. The molecule has 0 atom stereocenters. The SMILES string of the molecule is C=C(CN(C)S(=O)(=O)c1ccc(SC)cc1)c1cccc(Cl)n1. The third-order valence-electron chi connectivity index (χ3n) is 3.26. The Morgan fingerprint density at radius 3 is 2.48 bits per heavy atom. The molecular formula is C16H17ClN2O2S2. The minimum atomic E-state index is -3.57. The van der Waals surface area contributed by atoms with Gasteiger partial charge in [-0.05, 0) is 48.2 Å². The van der Waals surface area contributed by atoms with E-state index in [2.05, 4.69) is 11.6 Å². The van der Waals surface area contributed by atoms with E-state index < -0.39 is 10.0 Å². The van der Waals surface area contributed by atoms with Gasteiger partial charge < -0.3 is 0 Å². The average Bonchev–Trinajstić information content (AvgIpc) is 2.54. The van der Waals surface area contributed by atoms with Crippen LogP contribution in [0.5, 0.6) is 0 Å². The Hall–Kier alpha value is -1.34. The number of hydrogen-bond acceptors (Lipinski definition) is 4. The van der Waals surface area contributed by atoms with Crippen molar-refractivity contribution < 1.29 is 8.42 Å². The van der Waals surface area contributed by atoms with Gasteiger partial charge in [-0.3, -0.25) is 0 Å². The smallest absolute Gasteiger partial charge is 0.236 e. The first-order valence-electron chi connectivity index (χ1n) is 6.75. The van der Waals surface area contributed by atoms with Crippen molar-refractivity contribution >= 4 is 39.0 Å². The zero-order valence-electron chi connectivity index (χ0n) is 12.9. The van der Waals surface area contributed by atoms with Crippen LogP contribution in [0.3, 0.4) is 0 Å². The Balaban J connectivity index is 2.17. The standard InChI is InChI=1S/C16H17ClN2O2S2/c1-12(15-5-4-6-16(17)18-15)11-19(2)23(20,21)14-9-7-13(22-3)8-10-14/h4-10H,1,11H2,2-3H3. The highest BCUT2D eigenvalue weighted by Gasteiger charge is 2.21. The first-order valence-corrected chi connectivity index (χ1v) is 9.80. The van der Waals surface area contributed by atoms with Crippen molar-refractivity contribution in [1.29, 1.82) is 0 Å². The molecule has 7 heteroatoms. The second-order valence-electron chi connectivity index (χ2n) is 4.89. The Bertz CT molecular complexity index is 805. The molecule has 1 aromatic heterocycles. The van der Waals surface area contributed by atoms with Crippen molar-refractivity contribution in [2.24, 2.45) is 0 Å². The average molecular weight is 369 g/mol. The number of nitrogens with zero attached hydrogens (tertiary/aromatic N) is 2. The zero-order valence-corrected chi connectivity index (χ0v) is 15.2. The number of likely N-dealkylation sites (N-methyl/N-ethyl adjacent to an activating group) is 1. The second kappa shape index (κ2) is 7.49. The molecule has 0 unspecified atom stereocenters. The van der Waals surface area contributed by atoms with E-state index in [1.54, 1.807) is 54.2 Å². The number of sulfonamides is 1. The van der Waals surface area contributed by atoms with Crippen LogP contribution in [0.15, 0.2) is 58.8 Å². The summed E-state index contributed by atoms with van der Waals surface area (Å²) in [6, 6.07) is 12.0. The predicted octanol–water partition coefficient (Wildman–Crippen LogP) is 3.79. The number of rotatable bonds is 6. The van der Waals surface area contributed by atoms with Gasteiger partial charge >= 0.3 is 0 Å². The molecule has 0 aliphatic carbocycles. The molecule has 2 rings (SSSR count). The molecule has 0 radical (unpaired) electrons. The normalized spacial score (nSPS) is 11.7. The molecule has 1 heterocycles. The maximum atomic E-state index is 12.6. The Labute approximate surface area is 146 Å². The minimum Gasteiger partial charge on any atom is -0.236 e. The van der Waals surface area contributed by atoms with Gasteiger partial charge in [-0.1, -0.05) is 24.2 Å². The molecular weight excluding hydrogens is 352 g/mol. The van der Waals surface area contributed by atoms with Gasteiger partial charge in [-0.15, -0.1) is 11.8 Å². The molecule has 0 bridgehead atoms. The quantitative estimate of drug-likeness (QED) is 0.575. The summed E-state index contributed by atoms with van der Waals surface area (Å²) in [4.78, 5) is 5.41. The van der Waals surface area contributed by atoms with Gasteiger partial charge in [0, 0.05) is 18.5 Å². The number of thioether (sulfide) groups is 1. The van der Waals surface area contributed by atoms with Crippen molar-refractivity contribution in [1.82, 2.24) is 9.29 Å². The van der Waals surface area contributed by atoms with Gasteiger partial charge in [-0.2, -0.15) is 4.31 Å². The summed E-state index contributed by atoms with van der Waals surface area (Å²) in [5.74, 6) is 0. The highest BCUT2D eigenvalue weighted by Crippen LogP contribution is 2.22. The summed E-state index contributed by atoms with van der Waals surface area (Å²) < 4.78 is 26.5. The van der Waals surface area contributed by atoms with Gasteiger partial charge in [0.25, 0.3) is 0 Å². The lowest BCUT2D eigenvalue weighted by molar-refractivity contribution is 0.502. The fourth-order valence-electron chi connectivity index (χ4n) is 1.97. The summed E-state index contributed by atoms with van der Waals surface area (Å²) in [5, 5.41) is 0.349. The van der Waals surface area contributed by atoms with Crippen molar-refractivity contribution in [2.45, 2.75) is 9.79 Å². The topological polar surface area (TPSA) is 50.3 Å². The molecule has 0 spiro atoms. The molecule has 0 amide bonds. The Morgan fingerprint density at radius 2 is 1.91 bits per heavy atom. The van der Waals surface area contributed by atoms with E-state index >= 15 is 0 Å². The summed E-state index contributed by atoms with van der Waals surface area (Å²) in [6.45, 7) is 4.05. The maximum Gasteiger partial charge on any atom is 0.243 e. The third kappa shape index (κ3) is 4.35. The van der Waals surface area contributed by atoms with Gasteiger partial charge in [-0.25, -0.2) is 13.4 Å². The van der Waals surface area contributed by atoms with E-state index in [1.165, 1.54) is 11.4 Å². The summed E-state index contributed by atoms with van der Waals surface area (Å²) in [5.41, 5.74) is 1.16. The molecule has 0 N–H and O–H groups in total. The van der Waals surface area contributed by atoms with Crippen LogP contribution in [0, 0.1) is 0 Å². The lowest BCUT2D eigenvalue weighted by Crippen LogP contribution is -2.28. The molecule has 0 aliphatic heterocycles. The van der Waals surface area contributed by atoms with Crippen LogP contribution in [-0.2, 0) is 10.0 Å². The molecule has 2 aromatic rings. The van der Waals surface area contributed by atoms with E-state index in [9.17, 15) is 8.42 Å². The fraction of sp³-hybridized carbons (Fsp3) is 0.188. The Morgan fingerprint density at radius 1 is 1.26 bits per heavy atom. The molecule has 0 saturated heterocycles. The summed E-state index contributed by atoms with van der Waals surface area (Å²) in [7, 11) is -2.05. The van der Waals surface area contributed by atoms with Crippen LogP contribution >= 0.6 is 23.4 Å². The third-order valence-corrected chi connectivity index (χ3v) is 6.03. The van der Waals surface area contributed by atoms with E-state index in [4.69, 9.17) is 11.6 Å².